The number of rotatable bonds is 5. The second-order valence-electron chi connectivity index (χ2n) is 5.91. The second kappa shape index (κ2) is 8.95. The smallest absolute Gasteiger partial charge is 0.343 e. The molecule has 25 heavy (non-hydrogen) atoms. The SMILES string of the molecule is N#CCNC(=O)C1CCCCC1/C=C\c1ccc(SC(F)(F)F)cc1. The van der Waals surface area contributed by atoms with Gasteiger partial charge in [0.15, 0.2) is 0 Å². The van der Waals surface area contributed by atoms with Crippen molar-refractivity contribution in [2.24, 2.45) is 11.8 Å². The fraction of sp³-hybridized carbons (Fsp3) is 0.444. The summed E-state index contributed by atoms with van der Waals surface area (Å²) in [4.78, 5) is 12.3. The molecule has 1 saturated carbocycles. The van der Waals surface area contributed by atoms with Crippen molar-refractivity contribution < 1.29 is 18.0 Å². The maximum atomic E-state index is 12.3. The Bertz CT molecular complexity index is 650. The van der Waals surface area contributed by atoms with Crippen molar-refractivity contribution in [3.05, 3.63) is 35.9 Å². The van der Waals surface area contributed by atoms with Crippen molar-refractivity contribution in [2.75, 3.05) is 6.54 Å². The molecule has 2 rings (SSSR count). The first kappa shape index (κ1) is 19.4. The van der Waals surface area contributed by atoms with Gasteiger partial charge in [0, 0.05) is 10.8 Å². The van der Waals surface area contributed by atoms with Gasteiger partial charge in [-0.3, -0.25) is 4.79 Å². The maximum absolute atomic E-state index is 12.3. The second-order valence-corrected chi connectivity index (χ2v) is 7.05. The largest absolute Gasteiger partial charge is 0.446 e. The molecule has 2 unspecified atom stereocenters. The Morgan fingerprint density at radius 2 is 1.96 bits per heavy atom. The van der Waals surface area contributed by atoms with Crippen LogP contribution in [0.3, 0.4) is 0 Å². The Balaban J connectivity index is 2.00. The van der Waals surface area contributed by atoms with Gasteiger partial charge >= 0.3 is 5.51 Å². The minimum atomic E-state index is -4.29. The van der Waals surface area contributed by atoms with Crippen LogP contribution in [0, 0.1) is 23.2 Å². The standard InChI is InChI=1S/C18H19F3N2OS/c19-18(20,21)25-15-9-6-13(7-10-15)5-8-14-3-1-2-4-16(14)17(24)23-12-11-22/h5-10,14,16H,1-4,12H2,(H,23,24)/b8-5-. The molecule has 2 atom stereocenters. The van der Waals surface area contributed by atoms with Crippen molar-refractivity contribution in [1.82, 2.24) is 5.32 Å². The highest BCUT2D eigenvalue weighted by Gasteiger charge is 2.29. The van der Waals surface area contributed by atoms with Gasteiger partial charge in [-0.2, -0.15) is 18.4 Å². The van der Waals surface area contributed by atoms with E-state index in [-0.39, 0.29) is 40.9 Å². The number of nitrogens with one attached hydrogen (secondary N) is 1. The highest BCUT2D eigenvalue weighted by Crippen LogP contribution is 2.37. The van der Waals surface area contributed by atoms with Crippen molar-refractivity contribution in [1.29, 1.82) is 5.26 Å². The summed E-state index contributed by atoms with van der Waals surface area (Å²) in [6.07, 6.45) is 7.51. The molecule has 0 spiro atoms. The van der Waals surface area contributed by atoms with Gasteiger partial charge in [0.1, 0.15) is 6.54 Å². The molecule has 1 aromatic carbocycles. The van der Waals surface area contributed by atoms with Crippen LogP contribution in [0.25, 0.3) is 6.08 Å². The molecule has 3 nitrogen and oxygen atoms in total. The average Bonchev–Trinajstić information content (AvgIpc) is 2.58. The first-order chi connectivity index (χ1) is 11.9. The Labute approximate surface area is 149 Å². The number of hydrogen-bond acceptors (Lipinski definition) is 3. The first-order valence-electron chi connectivity index (χ1n) is 8.08. The molecule has 1 N–H and O–H groups in total. The number of nitrogens with zero attached hydrogens (tertiary/aromatic N) is 1. The van der Waals surface area contributed by atoms with Crippen LogP contribution in [-0.2, 0) is 4.79 Å². The zero-order valence-electron chi connectivity index (χ0n) is 13.6. The molecule has 1 aliphatic carbocycles. The van der Waals surface area contributed by atoms with Gasteiger partial charge in [-0.25, -0.2) is 0 Å². The van der Waals surface area contributed by atoms with Gasteiger partial charge in [-0.05, 0) is 48.2 Å². The van der Waals surface area contributed by atoms with Crippen LogP contribution < -0.4 is 5.32 Å². The number of amides is 1. The summed E-state index contributed by atoms with van der Waals surface area (Å²) in [7, 11) is 0. The molecule has 134 valence electrons. The first-order valence-corrected chi connectivity index (χ1v) is 8.89. The topological polar surface area (TPSA) is 52.9 Å². The predicted octanol–water partition coefficient (Wildman–Crippen LogP) is 4.76. The average molecular weight is 368 g/mol. The molecule has 0 saturated heterocycles. The Kier molecular flexibility index (Phi) is 6.94. The molecular weight excluding hydrogens is 349 g/mol. The molecule has 7 heteroatoms. The van der Waals surface area contributed by atoms with Gasteiger partial charge in [0.2, 0.25) is 5.91 Å². The summed E-state index contributed by atoms with van der Waals surface area (Å²) in [5, 5.41) is 11.2. The maximum Gasteiger partial charge on any atom is 0.446 e. The van der Waals surface area contributed by atoms with Crippen LogP contribution in [0.15, 0.2) is 35.2 Å². The zero-order valence-corrected chi connectivity index (χ0v) is 14.4. The van der Waals surface area contributed by atoms with Crippen molar-refractivity contribution in [2.45, 2.75) is 36.1 Å². The fourth-order valence-corrected chi connectivity index (χ4v) is 3.53. The number of nitriles is 1. The lowest BCUT2D eigenvalue weighted by Gasteiger charge is -2.28. The highest BCUT2D eigenvalue weighted by atomic mass is 32.2. The molecule has 0 radical (unpaired) electrons. The lowest BCUT2D eigenvalue weighted by atomic mass is 9.78. The number of carbonyl (C=O) groups excluding carboxylic acids is 1. The number of halogens is 3. The number of allylic oxidation sites excluding steroid dienone is 1. The van der Waals surface area contributed by atoms with E-state index in [1.807, 2.05) is 18.2 Å². The van der Waals surface area contributed by atoms with Crippen LogP contribution >= 0.6 is 11.8 Å². The van der Waals surface area contributed by atoms with Gasteiger partial charge in [0.05, 0.1) is 6.07 Å². The lowest BCUT2D eigenvalue weighted by Crippen LogP contribution is -2.36. The van der Waals surface area contributed by atoms with E-state index in [0.717, 1.165) is 31.2 Å². The highest BCUT2D eigenvalue weighted by molar-refractivity contribution is 8.00. The third-order valence-corrected chi connectivity index (χ3v) is 4.89. The van der Waals surface area contributed by atoms with Gasteiger partial charge < -0.3 is 5.32 Å². The van der Waals surface area contributed by atoms with Crippen LogP contribution in [-0.4, -0.2) is 18.0 Å². The number of alkyl halides is 3. The molecule has 1 fully saturated rings. The summed E-state index contributed by atoms with van der Waals surface area (Å²) >= 11 is -0.136. The van der Waals surface area contributed by atoms with Gasteiger partial charge in [0.25, 0.3) is 0 Å². The summed E-state index contributed by atoms with van der Waals surface area (Å²) in [5.41, 5.74) is -3.49. The van der Waals surface area contributed by atoms with E-state index in [0.29, 0.717) is 0 Å². The monoisotopic (exact) mass is 368 g/mol. The van der Waals surface area contributed by atoms with Crippen LogP contribution in [0.1, 0.15) is 31.2 Å². The summed E-state index contributed by atoms with van der Waals surface area (Å²) < 4.78 is 37.0. The Hall–Kier alpha value is -1.94. The zero-order chi connectivity index (χ0) is 18.3. The molecule has 0 aromatic heterocycles. The number of benzene rings is 1. The van der Waals surface area contributed by atoms with Crippen LogP contribution in [0.5, 0.6) is 0 Å². The van der Waals surface area contributed by atoms with E-state index >= 15 is 0 Å². The Morgan fingerprint density at radius 1 is 1.28 bits per heavy atom. The van der Waals surface area contributed by atoms with Crippen molar-refractivity contribution in [3.8, 4) is 6.07 Å². The van der Waals surface area contributed by atoms with E-state index in [1.54, 1.807) is 12.1 Å². The normalized spacial score (nSPS) is 21.0. The number of thioether (sulfide) groups is 1. The van der Waals surface area contributed by atoms with Crippen molar-refractivity contribution in [3.63, 3.8) is 0 Å². The number of carbonyl (C=O) groups is 1. The van der Waals surface area contributed by atoms with E-state index in [1.165, 1.54) is 12.1 Å². The lowest BCUT2D eigenvalue weighted by molar-refractivity contribution is -0.126. The van der Waals surface area contributed by atoms with E-state index in [2.05, 4.69) is 5.32 Å². The molecule has 0 heterocycles. The minimum absolute atomic E-state index is 0.00407. The van der Waals surface area contributed by atoms with Gasteiger partial charge in [-0.1, -0.05) is 37.1 Å². The minimum Gasteiger partial charge on any atom is -0.343 e. The summed E-state index contributed by atoms with van der Waals surface area (Å²) in [5.74, 6) is -0.178. The third-order valence-electron chi connectivity index (χ3n) is 4.15. The molecule has 0 aliphatic heterocycles. The Morgan fingerprint density at radius 3 is 2.60 bits per heavy atom. The molecule has 0 bridgehead atoms. The van der Waals surface area contributed by atoms with Crippen LogP contribution in [0.4, 0.5) is 13.2 Å². The molecule has 1 aromatic rings. The van der Waals surface area contributed by atoms with Gasteiger partial charge in [-0.15, -0.1) is 0 Å². The van der Waals surface area contributed by atoms with Crippen LogP contribution in [0.2, 0.25) is 0 Å². The van der Waals surface area contributed by atoms with Crippen molar-refractivity contribution >= 4 is 23.7 Å². The third kappa shape index (κ3) is 6.46. The van der Waals surface area contributed by atoms with E-state index < -0.39 is 5.51 Å². The predicted molar refractivity (Wildman–Crippen MR) is 91.5 cm³/mol. The molecule has 1 aliphatic rings. The van der Waals surface area contributed by atoms with E-state index in [4.69, 9.17) is 5.26 Å². The van der Waals surface area contributed by atoms with E-state index in [9.17, 15) is 18.0 Å². The quantitative estimate of drug-likeness (QED) is 0.602. The fourth-order valence-electron chi connectivity index (χ4n) is 2.99. The number of hydrogen-bond donors (Lipinski definition) is 1. The molecular formula is C18H19F3N2OS. The molecule has 1 amide bonds. The summed E-state index contributed by atoms with van der Waals surface area (Å²) in [6.45, 7) is 0.00407. The summed E-state index contributed by atoms with van der Waals surface area (Å²) in [6, 6.07) is 8.05.